The smallest absolute Gasteiger partial charge is 0.416 e. The average Bonchev–Trinajstić information content (AvgIpc) is 2.34. The number of hydrogen-bond donors (Lipinski definition) is 1. The van der Waals surface area contributed by atoms with E-state index in [1.807, 2.05) is 0 Å². The standard InChI is InChI=1S/C11H12F3NO3S/c1-18-10(16)15-6-7-3-8(11(12,13)14)5-9(4-7)19(2)17/h3-5H,6H2,1-2H3,(H,15,16). The summed E-state index contributed by atoms with van der Waals surface area (Å²) in [6.07, 6.45) is -4.00. The van der Waals surface area contributed by atoms with E-state index in [1.165, 1.54) is 12.3 Å². The van der Waals surface area contributed by atoms with Crippen LogP contribution in [0, 0.1) is 0 Å². The molecule has 0 radical (unpaired) electrons. The van der Waals surface area contributed by atoms with E-state index in [9.17, 15) is 22.2 Å². The summed E-state index contributed by atoms with van der Waals surface area (Å²) in [5.41, 5.74) is -0.702. The fourth-order valence-corrected chi connectivity index (χ4v) is 1.95. The van der Waals surface area contributed by atoms with Gasteiger partial charge in [0.1, 0.15) is 0 Å². The molecule has 1 aromatic rings. The molecule has 0 aromatic heterocycles. The molecule has 1 amide bonds. The second-order valence-corrected chi connectivity index (χ2v) is 5.04. The molecule has 0 saturated carbocycles. The number of hydrogen-bond acceptors (Lipinski definition) is 3. The molecule has 1 N–H and O–H groups in total. The zero-order chi connectivity index (χ0) is 14.6. The first-order chi connectivity index (χ1) is 8.74. The van der Waals surface area contributed by atoms with E-state index < -0.39 is 28.6 Å². The molecule has 1 unspecified atom stereocenters. The van der Waals surface area contributed by atoms with E-state index in [1.54, 1.807) is 0 Å². The van der Waals surface area contributed by atoms with Crippen LogP contribution in [0.25, 0.3) is 0 Å². The van der Waals surface area contributed by atoms with Crippen LogP contribution in [0.5, 0.6) is 0 Å². The van der Waals surface area contributed by atoms with Crippen molar-refractivity contribution in [2.45, 2.75) is 17.6 Å². The second kappa shape index (κ2) is 6.05. The maximum Gasteiger partial charge on any atom is 0.416 e. The summed E-state index contributed by atoms with van der Waals surface area (Å²) in [5, 5.41) is 2.27. The third kappa shape index (κ3) is 4.55. The normalized spacial score (nSPS) is 12.9. The number of amides is 1. The van der Waals surface area contributed by atoms with Crippen LogP contribution in [0.3, 0.4) is 0 Å². The van der Waals surface area contributed by atoms with Gasteiger partial charge in [-0.2, -0.15) is 13.2 Å². The molecule has 0 fully saturated rings. The molecule has 19 heavy (non-hydrogen) atoms. The number of methoxy groups -OCH3 is 1. The molecule has 1 rings (SSSR count). The minimum atomic E-state index is -4.53. The van der Waals surface area contributed by atoms with Gasteiger partial charge in [-0.3, -0.25) is 4.21 Å². The number of nitrogens with one attached hydrogen (secondary N) is 1. The summed E-state index contributed by atoms with van der Waals surface area (Å²) in [7, 11) is -0.398. The molecular weight excluding hydrogens is 283 g/mol. The monoisotopic (exact) mass is 295 g/mol. The highest BCUT2D eigenvalue weighted by molar-refractivity contribution is 7.84. The van der Waals surface area contributed by atoms with Gasteiger partial charge < -0.3 is 10.1 Å². The van der Waals surface area contributed by atoms with Crippen molar-refractivity contribution < 1.29 is 26.9 Å². The lowest BCUT2D eigenvalue weighted by Gasteiger charge is -2.11. The molecule has 0 saturated heterocycles. The third-order valence-electron chi connectivity index (χ3n) is 2.25. The molecule has 0 spiro atoms. The topological polar surface area (TPSA) is 55.4 Å². The number of halogens is 3. The zero-order valence-corrected chi connectivity index (χ0v) is 11.0. The minimum Gasteiger partial charge on any atom is -0.453 e. The lowest BCUT2D eigenvalue weighted by molar-refractivity contribution is -0.137. The summed E-state index contributed by atoms with van der Waals surface area (Å²) < 4.78 is 53.6. The van der Waals surface area contributed by atoms with Crippen molar-refractivity contribution in [1.29, 1.82) is 0 Å². The Morgan fingerprint density at radius 2 is 2.00 bits per heavy atom. The van der Waals surface area contributed by atoms with Crippen LogP contribution in [0.2, 0.25) is 0 Å². The molecular formula is C11H12F3NO3S. The van der Waals surface area contributed by atoms with Crippen LogP contribution in [0.4, 0.5) is 18.0 Å². The molecule has 8 heteroatoms. The summed E-state index contributed by atoms with van der Waals surface area (Å²) >= 11 is 0. The van der Waals surface area contributed by atoms with Gasteiger partial charge in [0.2, 0.25) is 0 Å². The van der Waals surface area contributed by atoms with Crippen molar-refractivity contribution in [2.24, 2.45) is 0 Å². The predicted molar refractivity (Wildman–Crippen MR) is 63.0 cm³/mol. The van der Waals surface area contributed by atoms with Crippen molar-refractivity contribution in [3.05, 3.63) is 29.3 Å². The Morgan fingerprint density at radius 1 is 1.37 bits per heavy atom. The van der Waals surface area contributed by atoms with E-state index in [4.69, 9.17) is 0 Å². The highest BCUT2D eigenvalue weighted by Crippen LogP contribution is 2.31. The number of alkyl halides is 3. The summed E-state index contributed by atoms with van der Waals surface area (Å²) in [6.45, 7) is -0.138. The quantitative estimate of drug-likeness (QED) is 0.931. The van der Waals surface area contributed by atoms with E-state index >= 15 is 0 Å². The maximum absolute atomic E-state index is 12.7. The fourth-order valence-electron chi connectivity index (χ4n) is 1.34. The van der Waals surface area contributed by atoms with Gasteiger partial charge >= 0.3 is 12.3 Å². The molecule has 0 aliphatic heterocycles. The maximum atomic E-state index is 12.7. The average molecular weight is 295 g/mol. The van der Waals surface area contributed by atoms with Gasteiger partial charge in [0.15, 0.2) is 0 Å². The zero-order valence-electron chi connectivity index (χ0n) is 10.2. The van der Waals surface area contributed by atoms with Crippen LogP contribution in [0.1, 0.15) is 11.1 Å². The summed E-state index contributed by atoms with van der Waals surface area (Å²) in [5.74, 6) is 0. The largest absolute Gasteiger partial charge is 0.453 e. The molecule has 1 aromatic carbocycles. The molecule has 0 aliphatic rings. The van der Waals surface area contributed by atoms with E-state index in [2.05, 4.69) is 10.1 Å². The van der Waals surface area contributed by atoms with E-state index in [0.717, 1.165) is 19.2 Å². The molecule has 106 valence electrons. The van der Waals surface area contributed by atoms with Crippen LogP contribution in [-0.2, 0) is 28.3 Å². The Morgan fingerprint density at radius 3 is 2.47 bits per heavy atom. The Labute approximate surface area is 110 Å². The van der Waals surface area contributed by atoms with Gasteiger partial charge in [-0.25, -0.2) is 4.79 Å². The summed E-state index contributed by atoms with van der Waals surface area (Å²) in [4.78, 5) is 10.9. The second-order valence-electron chi connectivity index (χ2n) is 3.66. The van der Waals surface area contributed by atoms with Gasteiger partial charge in [-0.05, 0) is 23.8 Å². The number of rotatable bonds is 3. The highest BCUT2D eigenvalue weighted by Gasteiger charge is 2.31. The first-order valence-electron chi connectivity index (χ1n) is 5.10. The van der Waals surface area contributed by atoms with Crippen LogP contribution < -0.4 is 5.32 Å². The van der Waals surface area contributed by atoms with Crippen LogP contribution in [0.15, 0.2) is 23.1 Å². The third-order valence-corrected chi connectivity index (χ3v) is 3.15. The van der Waals surface area contributed by atoms with Gasteiger partial charge in [0.25, 0.3) is 0 Å². The predicted octanol–water partition coefficient (Wildman–Crippen LogP) is 2.30. The van der Waals surface area contributed by atoms with Crippen molar-refractivity contribution >= 4 is 16.9 Å². The number of alkyl carbamates (subject to hydrolysis) is 1. The van der Waals surface area contributed by atoms with Gasteiger partial charge in [0.05, 0.1) is 12.7 Å². The Hall–Kier alpha value is -1.57. The number of ether oxygens (including phenoxy) is 1. The number of carbonyl (C=O) groups is 1. The lowest BCUT2D eigenvalue weighted by atomic mass is 10.1. The van der Waals surface area contributed by atoms with E-state index in [-0.39, 0.29) is 17.0 Å². The van der Waals surface area contributed by atoms with Crippen LogP contribution in [-0.4, -0.2) is 23.7 Å². The SMILES string of the molecule is COC(=O)NCc1cc(S(C)=O)cc(C(F)(F)F)c1. The van der Waals surface area contributed by atoms with Crippen molar-refractivity contribution in [2.75, 3.05) is 13.4 Å². The minimum absolute atomic E-state index is 0.0523. The molecule has 0 aliphatic carbocycles. The summed E-state index contributed by atoms with van der Waals surface area (Å²) in [6, 6.07) is 3.07. The van der Waals surface area contributed by atoms with Gasteiger partial charge in [-0.15, -0.1) is 0 Å². The number of benzene rings is 1. The van der Waals surface area contributed by atoms with Crippen LogP contribution >= 0.6 is 0 Å². The van der Waals surface area contributed by atoms with Crippen molar-refractivity contribution in [3.63, 3.8) is 0 Å². The number of carbonyl (C=O) groups excluding carboxylic acids is 1. The van der Waals surface area contributed by atoms with E-state index in [0.29, 0.717) is 0 Å². The Balaban J connectivity index is 3.07. The molecule has 0 bridgehead atoms. The van der Waals surface area contributed by atoms with Gasteiger partial charge in [0, 0.05) is 28.5 Å². The van der Waals surface area contributed by atoms with Crippen molar-refractivity contribution in [3.8, 4) is 0 Å². The Kier molecular flexibility index (Phi) is 4.93. The van der Waals surface area contributed by atoms with Crippen molar-refractivity contribution in [1.82, 2.24) is 5.32 Å². The van der Waals surface area contributed by atoms with Gasteiger partial charge in [-0.1, -0.05) is 0 Å². The first kappa shape index (κ1) is 15.5. The Bertz CT molecular complexity index is 502. The lowest BCUT2D eigenvalue weighted by Crippen LogP contribution is -2.22. The molecule has 1 atom stereocenters. The fraction of sp³-hybridized carbons (Fsp3) is 0.364. The molecule has 4 nitrogen and oxygen atoms in total. The molecule has 0 heterocycles. The first-order valence-corrected chi connectivity index (χ1v) is 6.66. The highest BCUT2D eigenvalue weighted by atomic mass is 32.2.